The predicted octanol–water partition coefficient (Wildman–Crippen LogP) is 5.31. The molecule has 0 fully saturated rings. The monoisotopic (exact) mass is 570 g/mol. The zero-order valence-electron chi connectivity index (χ0n) is 14.1. The van der Waals surface area contributed by atoms with Gasteiger partial charge in [-0.05, 0) is 93.6 Å². The van der Waals surface area contributed by atoms with E-state index in [1.165, 1.54) is 0 Å². The molecule has 0 aliphatic heterocycles. The molecule has 2 rings (SSSR count). The molecule has 4 nitrogen and oxygen atoms in total. The van der Waals surface area contributed by atoms with E-state index in [-0.39, 0.29) is 5.57 Å². The number of ether oxygens (including phenoxy) is 1. The Labute approximate surface area is 180 Å². The Hall–Kier alpha value is -1.86. The highest BCUT2D eigenvalue weighted by atomic mass is 127. The average Bonchev–Trinajstić information content (AvgIpc) is 2.59. The summed E-state index contributed by atoms with van der Waals surface area (Å²) in [5, 5.41) is 12.1. The van der Waals surface area contributed by atoms with Gasteiger partial charge < -0.3 is 10.1 Å². The van der Waals surface area contributed by atoms with Crippen LogP contribution in [0.15, 0.2) is 54.6 Å². The fourth-order valence-electron chi connectivity index (χ4n) is 2.18. The van der Waals surface area contributed by atoms with E-state index in [0.717, 1.165) is 24.0 Å². The van der Waals surface area contributed by atoms with Crippen molar-refractivity contribution >= 4 is 62.9 Å². The molecule has 2 aromatic carbocycles. The molecule has 0 saturated heterocycles. The standard InChI is InChI=1S/C20H16I2N2O2/c1-3-7-26-19-17(21)10-14(11-18(19)22)9-15(12-23)20(25)24-16-6-4-5-13(2)8-16/h3-6,8-11H,1,7H2,2H3,(H,24,25)/b15-9-. The number of anilines is 1. The van der Waals surface area contributed by atoms with Crippen molar-refractivity contribution in [2.24, 2.45) is 0 Å². The van der Waals surface area contributed by atoms with Gasteiger partial charge in [-0.1, -0.05) is 24.8 Å². The van der Waals surface area contributed by atoms with E-state index in [9.17, 15) is 10.1 Å². The van der Waals surface area contributed by atoms with E-state index >= 15 is 0 Å². The summed E-state index contributed by atoms with van der Waals surface area (Å²) < 4.78 is 7.45. The Kier molecular flexibility index (Phi) is 7.66. The number of nitrogens with one attached hydrogen (secondary N) is 1. The molecule has 0 aromatic heterocycles. The summed E-state index contributed by atoms with van der Waals surface area (Å²) in [6.45, 7) is 6.00. The summed E-state index contributed by atoms with van der Waals surface area (Å²) in [7, 11) is 0. The van der Waals surface area contributed by atoms with E-state index in [0.29, 0.717) is 12.3 Å². The molecule has 0 unspecified atom stereocenters. The van der Waals surface area contributed by atoms with Crippen LogP contribution >= 0.6 is 45.2 Å². The fourth-order valence-corrected chi connectivity index (χ4v) is 4.31. The molecule has 0 saturated carbocycles. The summed E-state index contributed by atoms with van der Waals surface area (Å²) in [4.78, 5) is 12.4. The van der Waals surface area contributed by atoms with Gasteiger partial charge in [0.05, 0.1) is 7.14 Å². The number of hydrogen-bond donors (Lipinski definition) is 1. The van der Waals surface area contributed by atoms with Gasteiger partial charge >= 0.3 is 0 Å². The van der Waals surface area contributed by atoms with Crippen LogP contribution in [0.1, 0.15) is 11.1 Å². The lowest BCUT2D eigenvalue weighted by Gasteiger charge is -2.10. The van der Waals surface area contributed by atoms with Crippen molar-refractivity contribution in [3.63, 3.8) is 0 Å². The van der Waals surface area contributed by atoms with Crippen molar-refractivity contribution in [3.05, 3.63) is 72.9 Å². The number of nitrogens with zero attached hydrogens (tertiary/aromatic N) is 1. The van der Waals surface area contributed by atoms with Crippen LogP contribution in [0.3, 0.4) is 0 Å². The molecule has 0 spiro atoms. The highest BCUT2D eigenvalue weighted by Gasteiger charge is 2.12. The minimum Gasteiger partial charge on any atom is -0.487 e. The summed E-state index contributed by atoms with van der Waals surface area (Å²) in [5.41, 5.74) is 2.50. The molecule has 2 aromatic rings. The normalized spacial score (nSPS) is 10.8. The van der Waals surface area contributed by atoms with Crippen LogP contribution in [0.2, 0.25) is 0 Å². The molecule has 0 aliphatic rings. The Morgan fingerprint density at radius 2 is 2.00 bits per heavy atom. The van der Waals surface area contributed by atoms with E-state index in [2.05, 4.69) is 57.1 Å². The van der Waals surface area contributed by atoms with Gasteiger partial charge in [0, 0.05) is 5.69 Å². The summed E-state index contributed by atoms with van der Waals surface area (Å²) in [6.07, 6.45) is 3.26. The lowest BCUT2D eigenvalue weighted by molar-refractivity contribution is -0.112. The Morgan fingerprint density at radius 1 is 1.31 bits per heavy atom. The van der Waals surface area contributed by atoms with Crippen LogP contribution in [0.4, 0.5) is 5.69 Å². The third-order valence-electron chi connectivity index (χ3n) is 3.32. The van der Waals surface area contributed by atoms with Crippen LogP contribution < -0.4 is 10.1 Å². The molecule has 0 radical (unpaired) electrons. The number of amides is 1. The second-order valence-corrected chi connectivity index (χ2v) is 7.73. The van der Waals surface area contributed by atoms with Crippen LogP contribution in [-0.4, -0.2) is 12.5 Å². The van der Waals surface area contributed by atoms with Gasteiger partial charge in [-0.2, -0.15) is 5.26 Å². The quantitative estimate of drug-likeness (QED) is 0.222. The number of rotatable bonds is 6. The van der Waals surface area contributed by atoms with Gasteiger partial charge in [-0.25, -0.2) is 0 Å². The Balaban J connectivity index is 2.26. The van der Waals surface area contributed by atoms with Gasteiger partial charge in [0.25, 0.3) is 5.91 Å². The first-order valence-electron chi connectivity index (χ1n) is 7.67. The van der Waals surface area contributed by atoms with E-state index in [1.807, 2.05) is 43.3 Å². The highest BCUT2D eigenvalue weighted by Crippen LogP contribution is 2.30. The second kappa shape index (κ2) is 9.73. The molecule has 1 amide bonds. The molecule has 0 aliphatic carbocycles. The minimum atomic E-state index is -0.435. The van der Waals surface area contributed by atoms with E-state index in [1.54, 1.807) is 18.2 Å². The summed E-state index contributed by atoms with van der Waals surface area (Å²) in [6, 6.07) is 13.2. The zero-order chi connectivity index (χ0) is 19.1. The maximum atomic E-state index is 12.4. The van der Waals surface area contributed by atoms with Gasteiger partial charge in [-0.3, -0.25) is 4.79 Å². The molecule has 0 bridgehead atoms. The lowest BCUT2D eigenvalue weighted by Crippen LogP contribution is -2.13. The van der Waals surface area contributed by atoms with Gasteiger partial charge in [0.1, 0.15) is 24.0 Å². The lowest BCUT2D eigenvalue weighted by atomic mass is 10.1. The molecule has 0 atom stereocenters. The maximum Gasteiger partial charge on any atom is 0.266 e. The molecule has 132 valence electrons. The number of hydrogen-bond acceptors (Lipinski definition) is 3. The van der Waals surface area contributed by atoms with Crippen LogP contribution in [0.5, 0.6) is 5.75 Å². The maximum absolute atomic E-state index is 12.4. The number of aryl methyl sites for hydroxylation is 1. The predicted molar refractivity (Wildman–Crippen MR) is 121 cm³/mol. The van der Waals surface area contributed by atoms with Gasteiger partial charge in [-0.15, -0.1) is 0 Å². The zero-order valence-corrected chi connectivity index (χ0v) is 18.4. The number of carbonyl (C=O) groups excluding carboxylic acids is 1. The van der Waals surface area contributed by atoms with Crippen LogP contribution in [-0.2, 0) is 4.79 Å². The van der Waals surface area contributed by atoms with Crippen LogP contribution in [0, 0.1) is 25.4 Å². The molecular weight excluding hydrogens is 554 g/mol. The van der Waals surface area contributed by atoms with Crippen molar-refractivity contribution in [2.45, 2.75) is 6.92 Å². The summed E-state index contributed by atoms with van der Waals surface area (Å²) >= 11 is 4.35. The van der Waals surface area contributed by atoms with E-state index < -0.39 is 5.91 Å². The molecular formula is C20H16I2N2O2. The minimum absolute atomic E-state index is 0.0397. The Morgan fingerprint density at radius 3 is 2.58 bits per heavy atom. The van der Waals surface area contributed by atoms with Crippen molar-refractivity contribution in [2.75, 3.05) is 11.9 Å². The van der Waals surface area contributed by atoms with Gasteiger partial charge in [0.15, 0.2) is 0 Å². The third kappa shape index (κ3) is 5.57. The number of benzene rings is 2. The second-order valence-electron chi connectivity index (χ2n) is 5.41. The third-order valence-corrected chi connectivity index (χ3v) is 4.92. The molecule has 1 N–H and O–H groups in total. The topological polar surface area (TPSA) is 62.1 Å². The van der Waals surface area contributed by atoms with Crippen molar-refractivity contribution in [3.8, 4) is 11.8 Å². The highest BCUT2D eigenvalue weighted by molar-refractivity contribution is 14.1. The first-order chi connectivity index (χ1) is 12.4. The Bertz CT molecular complexity index is 891. The smallest absolute Gasteiger partial charge is 0.266 e. The van der Waals surface area contributed by atoms with Crippen molar-refractivity contribution in [1.82, 2.24) is 0 Å². The fraction of sp³-hybridized carbons (Fsp3) is 0.100. The summed E-state index contributed by atoms with van der Waals surface area (Å²) in [5.74, 6) is 0.334. The van der Waals surface area contributed by atoms with Crippen molar-refractivity contribution in [1.29, 1.82) is 5.26 Å². The molecule has 26 heavy (non-hydrogen) atoms. The van der Waals surface area contributed by atoms with E-state index in [4.69, 9.17) is 4.74 Å². The van der Waals surface area contributed by atoms with Crippen molar-refractivity contribution < 1.29 is 9.53 Å². The SMILES string of the molecule is C=CCOc1c(I)cc(/C=C(/C#N)C(=O)Nc2cccc(C)c2)cc1I. The molecule has 0 heterocycles. The number of nitriles is 1. The molecule has 6 heteroatoms. The first kappa shape index (κ1) is 20.5. The average molecular weight is 570 g/mol. The first-order valence-corrected chi connectivity index (χ1v) is 9.83. The van der Waals surface area contributed by atoms with Gasteiger partial charge in [0.2, 0.25) is 0 Å². The van der Waals surface area contributed by atoms with Crippen LogP contribution in [0.25, 0.3) is 6.08 Å². The number of carbonyl (C=O) groups is 1. The largest absolute Gasteiger partial charge is 0.487 e. The number of halogens is 2.